The van der Waals surface area contributed by atoms with Crippen LogP contribution in [-0.4, -0.2) is 56.7 Å². The van der Waals surface area contributed by atoms with Gasteiger partial charge in [-0.3, -0.25) is 4.79 Å². The van der Waals surface area contributed by atoms with Gasteiger partial charge < -0.3 is 29.0 Å². The summed E-state index contributed by atoms with van der Waals surface area (Å²) in [5, 5.41) is 22.0. The fourth-order valence-electron chi connectivity index (χ4n) is 2.12. The second kappa shape index (κ2) is 21.1. The van der Waals surface area contributed by atoms with Gasteiger partial charge in [0.1, 0.15) is 13.2 Å². The number of aliphatic carboxylic acids is 2. The van der Waals surface area contributed by atoms with Crippen LogP contribution in [0.25, 0.3) is 0 Å². The van der Waals surface area contributed by atoms with Crippen molar-refractivity contribution in [2.24, 2.45) is 17.8 Å². The molecule has 0 aromatic carbocycles. The Bertz CT molecular complexity index is 418. The molecule has 0 radical (unpaired) electrons. The SMILES string of the molecule is C.C.C.C.C.C.CCC(CC(CC(C)C(=O)[O-])C(=O)[O-])C(=O)OCC[N+](C)(C)C. The van der Waals surface area contributed by atoms with E-state index >= 15 is 0 Å². The number of rotatable bonds is 11. The molecular weight excluding hydrogens is 374 g/mol. The third kappa shape index (κ3) is 20.9. The highest BCUT2D eigenvalue weighted by molar-refractivity contribution is 5.75. The largest absolute Gasteiger partial charge is 0.550 e. The number of carboxylic acids is 2. The molecule has 0 rings (SSSR count). The highest BCUT2D eigenvalue weighted by Gasteiger charge is 2.25. The van der Waals surface area contributed by atoms with E-state index in [9.17, 15) is 24.6 Å². The quantitative estimate of drug-likeness (QED) is 0.371. The summed E-state index contributed by atoms with van der Waals surface area (Å²) in [7, 11) is 5.91. The maximum Gasteiger partial charge on any atom is 0.309 e. The smallest absolute Gasteiger partial charge is 0.309 e. The van der Waals surface area contributed by atoms with Crippen LogP contribution in [0.3, 0.4) is 0 Å². The van der Waals surface area contributed by atoms with Gasteiger partial charge in [0, 0.05) is 11.9 Å². The number of quaternary nitrogens is 1. The number of hydrogen-bond acceptors (Lipinski definition) is 6. The molecule has 0 saturated carbocycles. The zero-order valence-corrected chi connectivity index (χ0v) is 14.7. The van der Waals surface area contributed by atoms with Gasteiger partial charge in [0.25, 0.3) is 0 Å². The predicted molar refractivity (Wildman–Crippen MR) is 120 cm³/mol. The molecule has 0 aliphatic rings. The van der Waals surface area contributed by atoms with E-state index in [1.807, 2.05) is 21.1 Å². The van der Waals surface area contributed by atoms with Crippen molar-refractivity contribution in [1.29, 1.82) is 0 Å². The average Bonchev–Trinajstić information content (AvgIpc) is 2.40. The summed E-state index contributed by atoms with van der Waals surface area (Å²) in [5.74, 6) is -5.62. The van der Waals surface area contributed by atoms with Gasteiger partial charge in [-0.1, -0.05) is 58.4 Å². The summed E-state index contributed by atoms with van der Waals surface area (Å²) in [5.41, 5.74) is 0. The minimum atomic E-state index is -1.35. The second-order valence-corrected chi connectivity index (χ2v) is 6.99. The summed E-state index contributed by atoms with van der Waals surface area (Å²) >= 11 is 0. The molecule has 29 heavy (non-hydrogen) atoms. The molecule has 7 heteroatoms. The Morgan fingerprint density at radius 2 is 1.28 bits per heavy atom. The summed E-state index contributed by atoms with van der Waals surface area (Å²) in [4.78, 5) is 34.0. The summed E-state index contributed by atoms with van der Waals surface area (Å²) < 4.78 is 5.86. The highest BCUT2D eigenvalue weighted by Crippen LogP contribution is 2.23. The number of ether oxygens (including phenoxy) is 1. The lowest BCUT2D eigenvalue weighted by atomic mass is 9.86. The molecule has 0 saturated heterocycles. The molecule has 7 nitrogen and oxygen atoms in total. The lowest BCUT2D eigenvalue weighted by Gasteiger charge is -2.26. The second-order valence-electron chi connectivity index (χ2n) is 6.99. The number of esters is 1. The van der Waals surface area contributed by atoms with Crippen LogP contribution in [0.1, 0.15) is 77.7 Å². The number of hydrogen-bond donors (Lipinski definition) is 0. The van der Waals surface area contributed by atoms with Gasteiger partial charge in [-0.25, -0.2) is 0 Å². The number of nitrogens with zero attached hydrogens (tertiary/aromatic N) is 1. The predicted octanol–water partition coefficient (Wildman–Crippen LogP) is 2.61. The highest BCUT2D eigenvalue weighted by atomic mass is 16.5. The Balaban J connectivity index is -0.000000161. The normalized spacial score (nSPS) is 12.3. The zero-order valence-electron chi connectivity index (χ0n) is 14.7. The molecule has 3 unspecified atom stereocenters. The van der Waals surface area contributed by atoms with Crippen LogP contribution < -0.4 is 10.2 Å². The van der Waals surface area contributed by atoms with E-state index in [0.29, 0.717) is 17.4 Å². The molecule has 0 fully saturated rings. The summed E-state index contributed by atoms with van der Waals surface area (Å²) in [6.45, 7) is 4.05. The lowest BCUT2D eigenvalue weighted by molar-refractivity contribution is -0.870. The van der Waals surface area contributed by atoms with Gasteiger partial charge >= 0.3 is 5.97 Å². The topological polar surface area (TPSA) is 107 Å². The van der Waals surface area contributed by atoms with Crippen molar-refractivity contribution in [3.8, 4) is 0 Å². The first-order chi connectivity index (χ1) is 10.5. The maximum absolute atomic E-state index is 12.1. The van der Waals surface area contributed by atoms with Gasteiger partial charge in [-0.15, -0.1) is 0 Å². The summed E-state index contributed by atoms with van der Waals surface area (Å²) in [6, 6.07) is 0. The molecule has 0 aromatic rings. The van der Waals surface area contributed by atoms with Crippen molar-refractivity contribution in [3.63, 3.8) is 0 Å². The Morgan fingerprint density at radius 1 is 0.828 bits per heavy atom. The third-order valence-corrected chi connectivity index (χ3v) is 3.78. The van der Waals surface area contributed by atoms with Crippen LogP contribution in [0.4, 0.5) is 0 Å². The number of carbonyl (C=O) groups is 3. The molecule has 3 atom stereocenters. The standard InChI is InChI=1S/C16H29NO6.6CH4/c1-6-12(16(22)23-8-7-17(3,4)5)10-13(15(20)21)9-11(2)14(18)19;;;;;;/h11-13H,6-10H2,1-5H3,(H-,18,19,20,21);6*1H4/p-1. The molecule has 0 heterocycles. The van der Waals surface area contributed by atoms with Crippen molar-refractivity contribution in [2.75, 3.05) is 34.3 Å². The molecule has 0 N–H and O–H groups in total. The van der Waals surface area contributed by atoms with Gasteiger partial charge in [-0.05, 0) is 31.1 Å². The van der Waals surface area contributed by atoms with Crippen LogP contribution >= 0.6 is 0 Å². The maximum atomic E-state index is 12.1. The van der Waals surface area contributed by atoms with E-state index in [2.05, 4.69) is 0 Å². The van der Waals surface area contributed by atoms with E-state index in [4.69, 9.17) is 4.74 Å². The van der Waals surface area contributed by atoms with Crippen LogP contribution in [-0.2, 0) is 19.1 Å². The van der Waals surface area contributed by atoms with Crippen LogP contribution in [0.5, 0.6) is 0 Å². The first-order valence-corrected chi connectivity index (χ1v) is 7.86. The molecule has 0 bridgehead atoms. The van der Waals surface area contributed by atoms with Gasteiger partial charge in [0.15, 0.2) is 0 Å². The monoisotopic (exact) mass is 426 g/mol. The molecule has 0 aliphatic carbocycles. The Hall–Kier alpha value is -1.63. The van der Waals surface area contributed by atoms with Crippen molar-refractivity contribution in [3.05, 3.63) is 0 Å². The molecule has 182 valence electrons. The minimum absolute atomic E-state index is 0. The Kier molecular flexibility index (Phi) is 33.4. The minimum Gasteiger partial charge on any atom is -0.550 e. The third-order valence-electron chi connectivity index (χ3n) is 3.78. The van der Waals surface area contributed by atoms with E-state index < -0.39 is 35.7 Å². The molecule has 0 amide bonds. The average molecular weight is 427 g/mol. The Labute approximate surface area is 182 Å². The molecule has 0 spiro atoms. The van der Waals surface area contributed by atoms with Crippen LogP contribution in [0.15, 0.2) is 0 Å². The van der Waals surface area contributed by atoms with E-state index in [1.54, 1.807) is 6.92 Å². The van der Waals surface area contributed by atoms with E-state index in [1.165, 1.54) is 6.92 Å². The molecule has 0 aromatic heterocycles. The first-order valence-electron chi connectivity index (χ1n) is 7.86. The molecular formula is C22H52NO6-. The van der Waals surface area contributed by atoms with Crippen LogP contribution in [0.2, 0.25) is 0 Å². The first kappa shape index (κ1) is 45.9. The summed E-state index contributed by atoms with van der Waals surface area (Å²) in [6.07, 6.45) is 0.319. The van der Waals surface area contributed by atoms with Crippen molar-refractivity contribution < 1.29 is 33.8 Å². The van der Waals surface area contributed by atoms with E-state index in [0.717, 1.165) is 0 Å². The van der Waals surface area contributed by atoms with Gasteiger partial charge in [-0.2, -0.15) is 0 Å². The fraction of sp³-hybridized carbons (Fsp3) is 0.864. The lowest BCUT2D eigenvalue weighted by Crippen LogP contribution is -2.39. The number of likely N-dealkylation sites (N-methyl/N-ethyl adjacent to an activating group) is 1. The Morgan fingerprint density at radius 3 is 1.59 bits per heavy atom. The zero-order chi connectivity index (χ0) is 18.2. The molecule has 0 aliphatic heterocycles. The van der Waals surface area contributed by atoms with Crippen molar-refractivity contribution in [1.82, 2.24) is 0 Å². The van der Waals surface area contributed by atoms with Crippen molar-refractivity contribution >= 4 is 17.9 Å². The van der Waals surface area contributed by atoms with E-state index in [-0.39, 0.29) is 64.0 Å². The number of carboxylic acid groups (broad SMARTS) is 2. The number of carbonyl (C=O) groups excluding carboxylic acids is 3. The van der Waals surface area contributed by atoms with Crippen LogP contribution in [0, 0.1) is 17.8 Å². The van der Waals surface area contributed by atoms with Crippen molar-refractivity contribution in [2.45, 2.75) is 77.7 Å². The van der Waals surface area contributed by atoms with Gasteiger partial charge in [0.05, 0.1) is 27.1 Å². The fourth-order valence-corrected chi connectivity index (χ4v) is 2.12. The van der Waals surface area contributed by atoms with Gasteiger partial charge in [0.2, 0.25) is 0 Å².